The number of nitrogens with one attached hydrogen (secondary N) is 1. The Kier molecular flexibility index (Phi) is 6.22. The molecular weight excluding hydrogens is 188 g/mol. The van der Waals surface area contributed by atoms with Crippen molar-refractivity contribution in [2.75, 3.05) is 39.9 Å². The van der Waals surface area contributed by atoms with Gasteiger partial charge in [-0.2, -0.15) is 0 Å². The molecule has 3 nitrogen and oxygen atoms in total. The second-order valence-corrected chi connectivity index (χ2v) is 4.86. The third kappa shape index (κ3) is 5.50. The number of piperidine rings is 1. The van der Waals surface area contributed by atoms with E-state index in [1.165, 1.54) is 32.5 Å². The van der Waals surface area contributed by atoms with Crippen LogP contribution in [0.15, 0.2) is 0 Å². The number of methoxy groups -OCH3 is 1. The van der Waals surface area contributed by atoms with Crippen molar-refractivity contribution in [3.8, 4) is 0 Å². The van der Waals surface area contributed by atoms with Gasteiger partial charge in [0.05, 0.1) is 6.61 Å². The van der Waals surface area contributed by atoms with Gasteiger partial charge in [-0.1, -0.05) is 6.92 Å². The Labute approximate surface area is 94.2 Å². The van der Waals surface area contributed by atoms with E-state index in [2.05, 4.69) is 24.1 Å². The molecule has 3 heteroatoms. The smallest absolute Gasteiger partial charge is 0.0613 e. The lowest BCUT2D eigenvalue weighted by Crippen LogP contribution is -2.41. The summed E-state index contributed by atoms with van der Waals surface area (Å²) >= 11 is 0. The first-order valence-corrected chi connectivity index (χ1v) is 6.17. The summed E-state index contributed by atoms with van der Waals surface area (Å²) in [6, 6.07) is 0.470. The highest BCUT2D eigenvalue weighted by molar-refractivity contribution is 4.71. The van der Waals surface area contributed by atoms with Crippen LogP contribution < -0.4 is 5.32 Å². The van der Waals surface area contributed by atoms with Gasteiger partial charge in [0.1, 0.15) is 0 Å². The second-order valence-electron chi connectivity index (χ2n) is 4.86. The van der Waals surface area contributed by atoms with Crippen molar-refractivity contribution in [2.45, 2.75) is 32.7 Å². The van der Waals surface area contributed by atoms with Gasteiger partial charge >= 0.3 is 0 Å². The monoisotopic (exact) mass is 214 g/mol. The fourth-order valence-corrected chi connectivity index (χ4v) is 2.27. The minimum Gasteiger partial charge on any atom is -0.383 e. The number of nitrogens with zero attached hydrogens (tertiary/aromatic N) is 1. The normalized spacial score (nSPS) is 25.4. The Bertz CT molecular complexity index is 164. The van der Waals surface area contributed by atoms with Gasteiger partial charge in [0.2, 0.25) is 0 Å². The lowest BCUT2D eigenvalue weighted by Gasteiger charge is -2.31. The standard InChI is InChI=1S/C12H26N2O/c1-11-5-4-7-14(9-11)8-6-13-12(2)10-15-3/h11-13H,4-10H2,1-3H3. The molecule has 2 atom stereocenters. The molecule has 0 aromatic heterocycles. The lowest BCUT2D eigenvalue weighted by atomic mass is 10.0. The van der Waals surface area contributed by atoms with Crippen LogP contribution in [0.1, 0.15) is 26.7 Å². The summed E-state index contributed by atoms with van der Waals surface area (Å²) in [5.74, 6) is 0.884. The van der Waals surface area contributed by atoms with E-state index in [1.54, 1.807) is 7.11 Å². The van der Waals surface area contributed by atoms with E-state index < -0.39 is 0 Å². The van der Waals surface area contributed by atoms with Crippen molar-refractivity contribution in [3.05, 3.63) is 0 Å². The van der Waals surface area contributed by atoms with Crippen molar-refractivity contribution in [1.82, 2.24) is 10.2 Å². The number of hydrogen-bond acceptors (Lipinski definition) is 3. The minimum absolute atomic E-state index is 0.470. The van der Waals surface area contributed by atoms with Gasteiger partial charge in [0, 0.05) is 32.8 Å². The van der Waals surface area contributed by atoms with Crippen LogP contribution >= 0.6 is 0 Å². The van der Waals surface area contributed by atoms with Crippen LogP contribution in [-0.4, -0.2) is 50.8 Å². The number of hydrogen-bond donors (Lipinski definition) is 1. The van der Waals surface area contributed by atoms with Gasteiger partial charge in [-0.05, 0) is 32.2 Å². The Morgan fingerprint density at radius 2 is 2.33 bits per heavy atom. The molecule has 1 aliphatic heterocycles. The molecular formula is C12H26N2O. The summed E-state index contributed by atoms with van der Waals surface area (Å²) in [5.41, 5.74) is 0. The topological polar surface area (TPSA) is 24.5 Å². The molecule has 0 aromatic carbocycles. The predicted octanol–water partition coefficient (Wildman–Crippen LogP) is 1.34. The molecule has 0 aromatic rings. The summed E-state index contributed by atoms with van der Waals surface area (Å²) in [6.45, 7) is 10.1. The van der Waals surface area contributed by atoms with E-state index in [9.17, 15) is 0 Å². The zero-order chi connectivity index (χ0) is 11.1. The summed E-state index contributed by atoms with van der Waals surface area (Å²) in [6.07, 6.45) is 2.78. The van der Waals surface area contributed by atoms with Crippen molar-refractivity contribution < 1.29 is 4.74 Å². The van der Waals surface area contributed by atoms with Gasteiger partial charge in [0.25, 0.3) is 0 Å². The maximum absolute atomic E-state index is 5.09. The molecule has 2 unspecified atom stereocenters. The molecule has 1 rings (SSSR count). The van der Waals surface area contributed by atoms with Crippen LogP contribution in [0, 0.1) is 5.92 Å². The molecule has 0 radical (unpaired) electrons. The van der Waals surface area contributed by atoms with Crippen LogP contribution in [0.3, 0.4) is 0 Å². The van der Waals surface area contributed by atoms with Gasteiger partial charge < -0.3 is 15.0 Å². The first-order chi connectivity index (χ1) is 7.22. The van der Waals surface area contributed by atoms with Crippen LogP contribution in [0.2, 0.25) is 0 Å². The zero-order valence-corrected chi connectivity index (χ0v) is 10.5. The highest BCUT2D eigenvalue weighted by atomic mass is 16.5. The molecule has 1 heterocycles. The van der Waals surface area contributed by atoms with Crippen LogP contribution in [0.25, 0.3) is 0 Å². The first kappa shape index (κ1) is 12.9. The fraction of sp³-hybridized carbons (Fsp3) is 1.00. The second kappa shape index (κ2) is 7.20. The first-order valence-electron chi connectivity index (χ1n) is 6.17. The SMILES string of the molecule is COCC(C)NCCN1CCCC(C)C1. The minimum atomic E-state index is 0.470. The molecule has 15 heavy (non-hydrogen) atoms. The van der Waals surface area contributed by atoms with Gasteiger partial charge in [0.15, 0.2) is 0 Å². The molecule has 90 valence electrons. The summed E-state index contributed by atoms with van der Waals surface area (Å²) < 4.78 is 5.09. The van der Waals surface area contributed by atoms with Gasteiger partial charge in [-0.25, -0.2) is 0 Å². The average Bonchev–Trinajstić information content (AvgIpc) is 2.18. The molecule has 1 aliphatic rings. The van der Waals surface area contributed by atoms with Gasteiger partial charge in [-0.15, -0.1) is 0 Å². The third-order valence-corrected chi connectivity index (χ3v) is 3.08. The summed E-state index contributed by atoms with van der Waals surface area (Å²) in [7, 11) is 1.75. The highest BCUT2D eigenvalue weighted by Gasteiger charge is 2.15. The molecule has 0 bridgehead atoms. The zero-order valence-electron chi connectivity index (χ0n) is 10.5. The van der Waals surface area contributed by atoms with Crippen molar-refractivity contribution in [3.63, 3.8) is 0 Å². The highest BCUT2D eigenvalue weighted by Crippen LogP contribution is 2.14. The van der Waals surface area contributed by atoms with E-state index in [-0.39, 0.29) is 0 Å². The average molecular weight is 214 g/mol. The largest absolute Gasteiger partial charge is 0.383 e. The third-order valence-electron chi connectivity index (χ3n) is 3.08. The lowest BCUT2D eigenvalue weighted by molar-refractivity contribution is 0.159. The molecule has 1 saturated heterocycles. The molecule has 0 aliphatic carbocycles. The predicted molar refractivity (Wildman–Crippen MR) is 64.2 cm³/mol. The molecule has 1 fully saturated rings. The van der Waals surface area contributed by atoms with Crippen LogP contribution in [0.5, 0.6) is 0 Å². The quantitative estimate of drug-likeness (QED) is 0.722. The van der Waals surface area contributed by atoms with Crippen molar-refractivity contribution >= 4 is 0 Å². The van der Waals surface area contributed by atoms with E-state index >= 15 is 0 Å². The van der Waals surface area contributed by atoms with Crippen LogP contribution in [-0.2, 0) is 4.74 Å². The summed E-state index contributed by atoms with van der Waals surface area (Å²) in [4.78, 5) is 2.57. The van der Waals surface area contributed by atoms with E-state index in [0.717, 1.165) is 19.1 Å². The number of likely N-dealkylation sites (tertiary alicyclic amines) is 1. The molecule has 1 N–H and O–H groups in total. The van der Waals surface area contributed by atoms with E-state index in [0.29, 0.717) is 6.04 Å². The number of rotatable bonds is 6. The Hall–Kier alpha value is -0.120. The molecule has 0 spiro atoms. The number of ether oxygens (including phenoxy) is 1. The Balaban J connectivity index is 2.03. The Morgan fingerprint density at radius 1 is 1.53 bits per heavy atom. The van der Waals surface area contributed by atoms with E-state index in [1.807, 2.05) is 0 Å². The van der Waals surface area contributed by atoms with Crippen LogP contribution in [0.4, 0.5) is 0 Å². The Morgan fingerprint density at radius 3 is 3.00 bits per heavy atom. The maximum Gasteiger partial charge on any atom is 0.0613 e. The van der Waals surface area contributed by atoms with Crippen molar-refractivity contribution in [1.29, 1.82) is 0 Å². The summed E-state index contributed by atoms with van der Waals surface area (Å²) in [5, 5.41) is 3.48. The van der Waals surface area contributed by atoms with Gasteiger partial charge in [-0.3, -0.25) is 0 Å². The maximum atomic E-state index is 5.09. The molecule has 0 saturated carbocycles. The molecule has 0 amide bonds. The van der Waals surface area contributed by atoms with Crippen molar-refractivity contribution in [2.24, 2.45) is 5.92 Å². The van der Waals surface area contributed by atoms with E-state index in [4.69, 9.17) is 4.74 Å². The fourth-order valence-electron chi connectivity index (χ4n) is 2.27.